The van der Waals surface area contributed by atoms with E-state index >= 15 is 0 Å². The second-order valence-electron chi connectivity index (χ2n) is 4.42. The highest BCUT2D eigenvalue weighted by Crippen LogP contribution is 2.11. The quantitative estimate of drug-likeness (QED) is 0.755. The van der Waals surface area contributed by atoms with Crippen molar-refractivity contribution in [2.24, 2.45) is 0 Å². The number of nitrogens with zero attached hydrogens (tertiary/aromatic N) is 1. The summed E-state index contributed by atoms with van der Waals surface area (Å²) in [6.45, 7) is 5.94. The van der Waals surface area contributed by atoms with Gasteiger partial charge in [-0.3, -0.25) is 0 Å². The zero-order valence-electron chi connectivity index (χ0n) is 9.61. The summed E-state index contributed by atoms with van der Waals surface area (Å²) in [5.74, 6) is 0.739. The average molecular weight is 211 g/mol. The van der Waals surface area contributed by atoms with Crippen LogP contribution >= 0.6 is 0 Å². The van der Waals surface area contributed by atoms with Crippen LogP contribution in [0.25, 0.3) is 0 Å². The summed E-state index contributed by atoms with van der Waals surface area (Å²) in [6.07, 6.45) is 1.23. The van der Waals surface area contributed by atoms with Crippen molar-refractivity contribution < 1.29 is 13.9 Å². The minimum Gasteiger partial charge on any atom is -0.467 e. The minimum atomic E-state index is -0.464. The second kappa shape index (κ2) is 4.38. The van der Waals surface area contributed by atoms with Crippen LogP contribution in [0.2, 0.25) is 0 Å². The first kappa shape index (κ1) is 11.6. The lowest BCUT2D eigenvalue weighted by Gasteiger charge is -2.24. The molecule has 4 heteroatoms. The molecule has 1 amide bonds. The van der Waals surface area contributed by atoms with Gasteiger partial charge in [0.15, 0.2) is 0 Å². The van der Waals surface area contributed by atoms with E-state index in [-0.39, 0.29) is 6.09 Å². The van der Waals surface area contributed by atoms with Crippen molar-refractivity contribution in [1.82, 2.24) is 4.90 Å². The molecule has 15 heavy (non-hydrogen) atoms. The van der Waals surface area contributed by atoms with Gasteiger partial charge in [-0.05, 0) is 32.9 Å². The van der Waals surface area contributed by atoms with Crippen LogP contribution in [0.4, 0.5) is 4.79 Å². The largest absolute Gasteiger partial charge is 0.467 e. The standard InChI is InChI=1S/C11H17NO3/c1-11(2,3)15-10(13)12(4)8-9-6-5-7-14-9/h5-7H,8H2,1-4H3. The number of hydrogen-bond donors (Lipinski definition) is 0. The fourth-order valence-corrected chi connectivity index (χ4v) is 1.04. The third-order valence-electron chi connectivity index (χ3n) is 1.68. The summed E-state index contributed by atoms with van der Waals surface area (Å²) in [6, 6.07) is 3.61. The van der Waals surface area contributed by atoms with Gasteiger partial charge < -0.3 is 14.1 Å². The molecule has 1 rings (SSSR count). The van der Waals surface area contributed by atoms with Gasteiger partial charge in [-0.1, -0.05) is 0 Å². The first-order chi connectivity index (χ1) is 6.88. The van der Waals surface area contributed by atoms with Crippen LogP contribution in [0.3, 0.4) is 0 Å². The van der Waals surface area contributed by atoms with Crippen molar-refractivity contribution >= 4 is 6.09 Å². The lowest BCUT2D eigenvalue weighted by Crippen LogP contribution is -2.33. The maximum Gasteiger partial charge on any atom is 0.410 e. The van der Waals surface area contributed by atoms with Crippen LogP contribution < -0.4 is 0 Å². The Morgan fingerprint density at radius 3 is 2.67 bits per heavy atom. The average Bonchev–Trinajstić information content (AvgIpc) is 2.53. The summed E-state index contributed by atoms with van der Waals surface area (Å²) in [4.78, 5) is 13.0. The van der Waals surface area contributed by atoms with Crippen molar-refractivity contribution in [3.8, 4) is 0 Å². The van der Waals surface area contributed by atoms with Crippen molar-refractivity contribution in [3.63, 3.8) is 0 Å². The van der Waals surface area contributed by atoms with Gasteiger partial charge in [-0.2, -0.15) is 0 Å². The molecule has 0 N–H and O–H groups in total. The van der Waals surface area contributed by atoms with E-state index in [1.54, 1.807) is 19.4 Å². The van der Waals surface area contributed by atoms with Gasteiger partial charge in [-0.15, -0.1) is 0 Å². The Bertz CT molecular complexity index is 311. The number of rotatable bonds is 2. The molecule has 1 aromatic rings. The van der Waals surface area contributed by atoms with Crippen LogP contribution in [-0.2, 0) is 11.3 Å². The topological polar surface area (TPSA) is 42.7 Å². The Labute approximate surface area is 89.8 Å². The van der Waals surface area contributed by atoms with Gasteiger partial charge >= 0.3 is 6.09 Å². The van der Waals surface area contributed by atoms with E-state index in [1.807, 2.05) is 26.8 Å². The van der Waals surface area contributed by atoms with E-state index in [1.165, 1.54) is 4.90 Å². The minimum absolute atomic E-state index is 0.348. The van der Waals surface area contributed by atoms with E-state index in [9.17, 15) is 4.79 Å². The predicted octanol–water partition coefficient (Wildman–Crippen LogP) is 2.65. The van der Waals surface area contributed by atoms with Crippen LogP contribution in [-0.4, -0.2) is 23.6 Å². The van der Waals surface area contributed by atoms with Gasteiger partial charge in [-0.25, -0.2) is 4.79 Å². The molecule has 0 aliphatic carbocycles. The Morgan fingerprint density at radius 2 is 2.20 bits per heavy atom. The SMILES string of the molecule is CN(Cc1ccco1)C(=O)OC(C)(C)C. The van der Waals surface area contributed by atoms with E-state index in [2.05, 4.69) is 0 Å². The summed E-state index contributed by atoms with van der Waals surface area (Å²) in [5, 5.41) is 0. The molecule has 0 saturated heterocycles. The third kappa shape index (κ3) is 4.06. The zero-order chi connectivity index (χ0) is 11.5. The predicted molar refractivity (Wildman–Crippen MR) is 56.4 cm³/mol. The Kier molecular flexibility index (Phi) is 3.39. The zero-order valence-corrected chi connectivity index (χ0v) is 9.61. The molecular weight excluding hydrogens is 194 g/mol. The normalized spacial score (nSPS) is 11.2. The Balaban J connectivity index is 2.47. The van der Waals surface area contributed by atoms with Gasteiger partial charge in [0, 0.05) is 7.05 Å². The van der Waals surface area contributed by atoms with E-state index in [4.69, 9.17) is 9.15 Å². The molecule has 0 saturated carbocycles. The molecule has 0 aliphatic rings. The molecule has 0 aromatic carbocycles. The molecule has 0 atom stereocenters. The maximum absolute atomic E-state index is 11.5. The first-order valence-corrected chi connectivity index (χ1v) is 4.85. The van der Waals surface area contributed by atoms with Crippen molar-refractivity contribution in [2.75, 3.05) is 7.05 Å². The summed E-state index contributed by atoms with van der Waals surface area (Å²) >= 11 is 0. The lowest BCUT2D eigenvalue weighted by molar-refractivity contribution is 0.0274. The van der Waals surface area contributed by atoms with E-state index < -0.39 is 5.60 Å². The fraction of sp³-hybridized carbons (Fsp3) is 0.545. The van der Waals surface area contributed by atoms with Crippen molar-refractivity contribution in [1.29, 1.82) is 0 Å². The van der Waals surface area contributed by atoms with Crippen LogP contribution in [0.1, 0.15) is 26.5 Å². The molecule has 0 fully saturated rings. The number of furan rings is 1. The third-order valence-corrected chi connectivity index (χ3v) is 1.68. The number of amides is 1. The molecule has 1 aromatic heterocycles. The summed E-state index contributed by atoms with van der Waals surface area (Å²) < 4.78 is 10.3. The summed E-state index contributed by atoms with van der Waals surface area (Å²) in [7, 11) is 1.68. The van der Waals surface area contributed by atoms with Crippen molar-refractivity contribution in [3.05, 3.63) is 24.2 Å². The molecule has 1 heterocycles. The molecule has 0 bridgehead atoms. The Hall–Kier alpha value is -1.45. The molecule has 0 aliphatic heterocycles. The number of ether oxygens (including phenoxy) is 1. The summed E-state index contributed by atoms with van der Waals surface area (Å²) in [5.41, 5.74) is -0.464. The van der Waals surface area contributed by atoms with Gasteiger partial charge in [0.2, 0.25) is 0 Å². The molecule has 4 nitrogen and oxygen atoms in total. The Morgan fingerprint density at radius 1 is 1.53 bits per heavy atom. The second-order valence-corrected chi connectivity index (χ2v) is 4.42. The van der Waals surface area contributed by atoms with Crippen LogP contribution in [0, 0.1) is 0 Å². The van der Waals surface area contributed by atoms with Crippen LogP contribution in [0.15, 0.2) is 22.8 Å². The fourth-order valence-electron chi connectivity index (χ4n) is 1.04. The van der Waals surface area contributed by atoms with E-state index in [0.717, 1.165) is 5.76 Å². The van der Waals surface area contributed by atoms with Gasteiger partial charge in [0.05, 0.1) is 12.8 Å². The molecule has 84 valence electrons. The van der Waals surface area contributed by atoms with Crippen molar-refractivity contribution in [2.45, 2.75) is 32.9 Å². The molecule has 0 radical (unpaired) electrons. The highest BCUT2D eigenvalue weighted by atomic mass is 16.6. The smallest absolute Gasteiger partial charge is 0.410 e. The van der Waals surface area contributed by atoms with Gasteiger partial charge in [0.1, 0.15) is 11.4 Å². The number of carbonyl (C=O) groups excluding carboxylic acids is 1. The monoisotopic (exact) mass is 211 g/mol. The molecule has 0 spiro atoms. The molecular formula is C11H17NO3. The number of carbonyl (C=O) groups is 1. The first-order valence-electron chi connectivity index (χ1n) is 4.85. The highest BCUT2D eigenvalue weighted by molar-refractivity contribution is 5.67. The maximum atomic E-state index is 11.5. The van der Waals surface area contributed by atoms with Gasteiger partial charge in [0.25, 0.3) is 0 Å². The number of hydrogen-bond acceptors (Lipinski definition) is 3. The molecule has 0 unspecified atom stereocenters. The highest BCUT2D eigenvalue weighted by Gasteiger charge is 2.19. The van der Waals surface area contributed by atoms with E-state index in [0.29, 0.717) is 6.54 Å². The van der Waals surface area contributed by atoms with Crippen LogP contribution in [0.5, 0.6) is 0 Å². The lowest BCUT2D eigenvalue weighted by atomic mass is 10.2.